The maximum Gasteiger partial charge on any atom is 0.410 e. The number of imide groups is 1. The van der Waals surface area contributed by atoms with Gasteiger partial charge in [-0.1, -0.05) is 12.1 Å². The Labute approximate surface area is 182 Å². The van der Waals surface area contributed by atoms with Gasteiger partial charge < -0.3 is 19.3 Å². The molecule has 31 heavy (non-hydrogen) atoms. The highest BCUT2D eigenvalue weighted by Gasteiger charge is 2.36. The fourth-order valence-electron chi connectivity index (χ4n) is 4.62. The second kappa shape index (κ2) is 8.40. The quantitative estimate of drug-likeness (QED) is 0.728. The van der Waals surface area contributed by atoms with E-state index in [-0.39, 0.29) is 29.9 Å². The zero-order chi connectivity index (χ0) is 22.2. The van der Waals surface area contributed by atoms with Crippen LogP contribution < -0.4 is 15.0 Å². The molecule has 0 aromatic heterocycles. The molecule has 0 bridgehead atoms. The first kappa shape index (κ1) is 21.5. The number of carbonyl (C=O) groups is 3. The van der Waals surface area contributed by atoms with Crippen LogP contribution in [-0.4, -0.2) is 60.7 Å². The number of nitrogens with zero attached hydrogens (tertiary/aromatic N) is 2. The number of benzene rings is 1. The smallest absolute Gasteiger partial charge is 0.410 e. The highest BCUT2D eigenvalue weighted by Crippen LogP contribution is 2.43. The maximum atomic E-state index is 12.4. The summed E-state index contributed by atoms with van der Waals surface area (Å²) >= 11 is 0. The third kappa shape index (κ3) is 4.62. The lowest BCUT2D eigenvalue weighted by molar-refractivity contribution is -0.134. The number of hydrogen-bond donors (Lipinski definition) is 1. The predicted molar refractivity (Wildman–Crippen MR) is 115 cm³/mol. The summed E-state index contributed by atoms with van der Waals surface area (Å²) in [5.41, 5.74) is 1.53. The first-order valence-corrected chi connectivity index (χ1v) is 11.1. The number of fused-ring (bicyclic) bond motifs is 1. The topological polar surface area (TPSA) is 88.2 Å². The Morgan fingerprint density at radius 2 is 1.87 bits per heavy atom. The van der Waals surface area contributed by atoms with E-state index in [0.717, 1.165) is 29.8 Å². The second-order valence-electron chi connectivity index (χ2n) is 9.45. The number of anilines is 1. The van der Waals surface area contributed by atoms with Crippen LogP contribution in [0.1, 0.15) is 57.9 Å². The SMILES string of the molecule is CC(C)(C)OC(=O)N1CCC(c2cccc3c2OCCN3[C@@H]2CCC(=O)NC2=O)CC1. The van der Waals surface area contributed by atoms with Crippen molar-refractivity contribution in [3.8, 4) is 5.75 Å². The molecule has 1 aromatic rings. The van der Waals surface area contributed by atoms with Crippen molar-refractivity contribution in [3.63, 3.8) is 0 Å². The number of carbonyl (C=O) groups excluding carboxylic acids is 3. The van der Waals surface area contributed by atoms with Crippen LogP contribution in [0.5, 0.6) is 5.75 Å². The molecule has 3 aliphatic rings. The molecule has 0 radical (unpaired) electrons. The van der Waals surface area contributed by atoms with Crippen LogP contribution in [0.15, 0.2) is 18.2 Å². The van der Waals surface area contributed by atoms with E-state index < -0.39 is 5.60 Å². The Bertz CT molecular complexity index is 870. The number of likely N-dealkylation sites (tertiary alicyclic amines) is 1. The number of para-hydroxylation sites is 1. The van der Waals surface area contributed by atoms with Gasteiger partial charge in [-0.2, -0.15) is 0 Å². The zero-order valence-electron chi connectivity index (χ0n) is 18.5. The lowest BCUT2D eigenvalue weighted by atomic mass is 9.88. The molecule has 8 heteroatoms. The Morgan fingerprint density at radius 3 is 2.55 bits per heavy atom. The second-order valence-corrected chi connectivity index (χ2v) is 9.45. The predicted octanol–water partition coefficient (Wildman–Crippen LogP) is 2.81. The van der Waals surface area contributed by atoms with Crippen molar-refractivity contribution in [1.82, 2.24) is 10.2 Å². The van der Waals surface area contributed by atoms with E-state index in [1.165, 1.54) is 0 Å². The molecule has 0 unspecified atom stereocenters. The summed E-state index contributed by atoms with van der Waals surface area (Å²) in [6.45, 7) is 8.01. The maximum absolute atomic E-state index is 12.4. The van der Waals surface area contributed by atoms with Gasteiger partial charge >= 0.3 is 6.09 Å². The van der Waals surface area contributed by atoms with Crippen LogP contribution in [0.3, 0.4) is 0 Å². The molecule has 4 rings (SSSR count). The first-order chi connectivity index (χ1) is 14.7. The molecule has 0 saturated carbocycles. The van der Waals surface area contributed by atoms with Gasteiger partial charge in [-0.15, -0.1) is 0 Å². The molecule has 0 aliphatic carbocycles. The van der Waals surface area contributed by atoms with Crippen molar-refractivity contribution < 1.29 is 23.9 Å². The van der Waals surface area contributed by atoms with Gasteiger partial charge in [0.25, 0.3) is 0 Å². The number of nitrogens with one attached hydrogen (secondary N) is 1. The Morgan fingerprint density at radius 1 is 1.13 bits per heavy atom. The number of piperidine rings is 2. The monoisotopic (exact) mass is 429 g/mol. The van der Waals surface area contributed by atoms with Gasteiger partial charge in [0.2, 0.25) is 11.8 Å². The summed E-state index contributed by atoms with van der Waals surface area (Å²) in [6, 6.07) is 5.71. The van der Waals surface area contributed by atoms with E-state index in [0.29, 0.717) is 39.1 Å². The lowest BCUT2D eigenvalue weighted by Gasteiger charge is -2.40. The van der Waals surface area contributed by atoms with Crippen LogP contribution >= 0.6 is 0 Å². The van der Waals surface area contributed by atoms with Crippen molar-refractivity contribution in [2.24, 2.45) is 0 Å². The molecule has 1 aromatic carbocycles. The van der Waals surface area contributed by atoms with Crippen LogP contribution in [0, 0.1) is 0 Å². The fraction of sp³-hybridized carbons (Fsp3) is 0.609. The van der Waals surface area contributed by atoms with E-state index in [2.05, 4.69) is 16.3 Å². The molecule has 2 fully saturated rings. The minimum Gasteiger partial charge on any atom is -0.489 e. The average Bonchev–Trinajstić information content (AvgIpc) is 2.72. The van der Waals surface area contributed by atoms with Gasteiger partial charge in [0.15, 0.2) is 0 Å². The molecule has 1 N–H and O–H groups in total. The summed E-state index contributed by atoms with van der Waals surface area (Å²) in [4.78, 5) is 40.2. The third-order valence-corrected chi connectivity index (χ3v) is 6.09. The zero-order valence-corrected chi connectivity index (χ0v) is 18.5. The molecule has 0 spiro atoms. The van der Waals surface area contributed by atoms with Crippen molar-refractivity contribution in [2.75, 3.05) is 31.1 Å². The van der Waals surface area contributed by atoms with Crippen LogP contribution in [0.2, 0.25) is 0 Å². The lowest BCUT2D eigenvalue weighted by Crippen LogP contribution is -2.54. The molecule has 3 heterocycles. The van der Waals surface area contributed by atoms with Crippen LogP contribution in [0.4, 0.5) is 10.5 Å². The molecular formula is C23H31N3O5. The molecule has 2 saturated heterocycles. The van der Waals surface area contributed by atoms with E-state index >= 15 is 0 Å². The van der Waals surface area contributed by atoms with Crippen LogP contribution in [0.25, 0.3) is 0 Å². The van der Waals surface area contributed by atoms with Gasteiger partial charge in [0.1, 0.15) is 24.0 Å². The van der Waals surface area contributed by atoms with Crippen molar-refractivity contribution in [3.05, 3.63) is 23.8 Å². The van der Waals surface area contributed by atoms with Crippen molar-refractivity contribution in [2.45, 2.75) is 64.0 Å². The van der Waals surface area contributed by atoms with E-state index in [4.69, 9.17) is 9.47 Å². The minimum absolute atomic E-state index is 0.208. The summed E-state index contributed by atoms with van der Waals surface area (Å²) in [5, 5.41) is 2.46. The van der Waals surface area contributed by atoms with Crippen molar-refractivity contribution in [1.29, 1.82) is 0 Å². The van der Waals surface area contributed by atoms with E-state index in [1.807, 2.05) is 32.9 Å². The Balaban J connectivity index is 1.49. The number of ether oxygens (including phenoxy) is 2. The van der Waals surface area contributed by atoms with E-state index in [9.17, 15) is 14.4 Å². The number of amides is 3. The Hall–Kier alpha value is -2.77. The molecule has 1 atom stereocenters. The number of hydrogen-bond acceptors (Lipinski definition) is 6. The fourth-order valence-corrected chi connectivity index (χ4v) is 4.62. The summed E-state index contributed by atoms with van der Waals surface area (Å²) in [5.74, 6) is 0.657. The van der Waals surface area contributed by atoms with Crippen LogP contribution in [-0.2, 0) is 14.3 Å². The normalized spacial score (nSPS) is 22.5. The number of rotatable bonds is 2. The standard InChI is InChI=1S/C23H31N3O5/c1-23(2,3)31-22(29)25-11-9-15(10-12-25)16-5-4-6-17-20(16)30-14-13-26(17)18-7-8-19(27)24-21(18)28/h4-6,15,18H,7-14H2,1-3H3,(H,24,27,28)/t18-/m1/s1. The molecule has 8 nitrogen and oxygen atoms in total. The third-order valence-electron chi connectivity index (χ3n) is 6.09. The van der Waals surface area contributed by atoms with Gasteiger partial charge in [0, 0.05) is 19.5 Å². The van der Waals surface area contributed by atoms with E-state index in [1.54, 1.807) is 4.90 Å². The molecule has 168 valence electrons. The summed E-state index contributed by atoms with van der Waals surface area (Å²) < 4.78 is 11.6. The van der Waals surface area contributed by atoms with Gasteiger partial charge in [-0.05, 0) is 57.6 Å². The molecule has 3 aliphatic heterocycles. The summed E-state index contributed by atoms with van der Waals surface area (Å²) in [6.07, 6.45) is 2.27. The molecule has 3 amide bonds. The summed E-state index contributed by atoms with van der Waals surface area (Å²) in [7, 11) is 0. The first-order valence-electron chi connectivity index (χ1n) is 11.1. The largest absolute Gasteiger partial charge is 0.489 e. The average molecular weight is 430 g/mol. The minimum atomic E-state index is -0.500. The van der Waals surface area contributed by atoms with Gasteiger partial charge in [-0.3, -0.25) is 14.9 Å². The van der Waals surface area contributed by atoms with Gasteiger partial charge in [0.05, 0.1) is 12.2 Å². The van der Waals surface area contributed by atoms with Gasteiger partial charge in [-0.25, -0.2) is 4.79 Å². The van der Waals surface area contributed by atoms with Crippen molar-refractivity contribution >= 4 is 23.6 Å². The highest BCUT2D eigenvalue weighted by atomic mass is 16.6. The molecular weight excluding hydrogens is 398 g/mol. The highest BCUT2D eigenvalue weighted by molar-refractivity contribution is 6.02. The Kier molecular flexibility index (Phi) is 5.81.